The molecular formula is C48H65N3O6S. The lowest BCUT2D eigenvalue weighted by Gasteiger charge is -2.28. The highest BCUT2D eigenvalue weighted by Gasteiger charge is 2.44. The summed E-state index contributed by atoms with van der Waals surface area (Å²) in [5.74, 6) is -0.328. The average molecular weight is 812 g/mol. The van der Waals surface area contributed by atoms with Crippen LogP contribution < -0.4 is 15.9 Å². The van der Waals surface area contributed by atoms with Gasteiger partial charge in [-0.3, -0.25) is 14.6 Å². The molecule has 2 aliphatic heterocycles. The third kappa shape index (κ3) is 12.8. The Hall–Kier alpha value is -3.80. The fourth-order valence-electron chi connectivity index (χ4n) is 8.96. The number of carboxylic acids is 1. The molecule has 3 N–H and O–H groups in total. The van der Waals surface area contributed by atoms with Crippen molar-refractivity contribution in [2.75, 3.05) is 26.2 Å². The molecule has 2 heterocycles. The molecular weight excluding hydrogens is 747 g/mol. The molecule has 0 saturated heterocycles. The minimum absolute atomic E-state index is 0.0309. The molecule has 5 rings (SSSR count). The number of amides is 1. The van der Waals surface area contributed by atoms with Gasteiger partial charge in [-0.25, -0.2) is 0 Å². The largest absolute Gasteiger partial charge is 0.691 e. The van der Waals surface area contributed by atoms with Crippen molar-refractivity contribution in [1.29, 1.82) is 0 Å². The van der Waals surface area contributed by atoms with Crippen LogP contribution in [0.15, 0.2) is 95.5 Å². The van der Waals surface area contributed by atoms with E-state index in [1.807, 2.05) is 6.07 Å². The van der Waals surface area contributed by atoms with E-state index in [0.717, 1.165) is 106 Å². The van der Waals surface area contributed by atoms with Crippen LogP contribution >= 0.6 is 12.0 Å². The molecule has 10 heteroatoms. The highest BCUT2D eigenvalue weighted by Crippen LogP contribution is 2.46. The molecule has 2 aromatic carbocycles. The van der Waals surface area contributed by atoms with Gasteiger partial charge in [-0.2, -0.15) is 8.91 Å². The number of nitrogens with zero attached hydrogens (tertiary/aromatic N) is 1. The first-order chi connectivity index (χ1) is 28.1. The molecule has 1 amide bonds. The Balaban J connectivity index is 1.32. The van der Waals surface area contributed by atoms with Gasteiger partial charge in [0.1, 0.15) is 6.54 Å². The van der Waals surface area contributed by atoms with Gasteiger partial charge in [0.25, 0.3) is 0 Å². The Morgan fingerprint density at radius 3 is 2.55 bits per heavy atom. The van der Waals surface area contributed by atoms with E-state index < -0.39 is 5.97 Å². The molecule has 3 aliphatic rings. The van der Waals surface area contributed by atoms with Crippen LogP contribution in [-0.2, 0) is 36.2 Å². The minimum atomic E-state index is -0.740. The van der Waals surface area contributed by atoms with Crippen LogP contribution in [0.5, 0.6) is 0 Å². The molecule has 0 aromatic heterocycles. The summed E-state index contributed by atoms with van der Waals surface area (Å²) in [4.78, 5) is 24.8. The topological polar surface area (TPSA) is 123 Å². The van der Waals surface area contributed by atoms with E-state index in [1.54, 1.807) is 0 Å². The van der Waals surface area contributed by atoms with Crippen LogP contribution in [0.4, 0.5) is 5.69 Å². The van der Waals surface area contributed by atoms with Gasteiger partial charge in [-0.05, 0) is 101 Å². The van der Waals surface area contributed by atoms with Gasteiger partial charge in [0, 0.05) is 53.8 Å². The van der Waals surface area contributed by atoms with E-state index in [0.29, 0.717) is 25.3 Å². The molecule has 0 radical (unpaired) electrons. The summed E-state index contributed by atoms with van der Waals surface area (Å²) in [5.41, 5.74) is 7.60. The third-order valence-corrected chi connectivity index (χ3v) is 12.9. The van der Waals surface area contributed by atoms with E-state index in [2.05, 4.69) is 124 Å². The fourth-order valence-corrected chi connectivity index (χ4v) is 9.36. The van der Waals surface area contributed by atoms with Crippen molar-refractivity contribution in [1.82, 2.24) is 10.6 Å². The predicted octanol–water partition coefficient (Wildman–Crippen LogP) is 9.28. The number of benzene rings is 2. The van der Waals surface area contributed by atoms with E-state index >= 15 is 0 Å². The summed E-state index contributed by atoms with van der Waals surface area (Å²) in [6.45, 7) is 10.1. The number of nitrogens with one attached hydrogen (secondary N) is 2. The van der Waals surface area contributed by atoms with Crippen LogP contribution in [0.3, 0.4) is 0 Å². The van der Waals surface area contributed by atoms with Crippen LogP contribution in [0.2, 0.25) is 0 Å². The number of allylic oxidation sites excluding steroid dienone is 8. The summed E-state index contributed by atoms with van der Waals surface area (Å²) >= 11 is 0.909. The van der Waals surface area contributed by atoms with Crippen LogP contribution in [0, 0.1) is 5.92 Å². The fraction of sp³-hybridized carbons (Fsp3) is 0.521. The first-order valence-electron chi connectivity index (χ1n) is 21.5. The van der Waals surface area contributed by atoms with Gasteiger partial charge in [0.05, 0.1) is 17.5 Å². The maximum atomic E-state index is 13.0. The van der Waals surface area contributed by atoms with E-state index in [1.165, 1.54) is 41.7 Å². The highest BCUT2D eigenvalue weighted by molar-refractivity contribution is 7.94. The summed E-state index contributed by atoms with van der Waals surface area (Å²) in [7, 11) is 0. The molecule has 0 bridgehead atoms. The zero-order valence-electron chi connectivity index (χ0n) is 34.9. The standard InChI is InChI=1S/C48H65N3O6S/c1-47(2)42-34-40(58-57-56-55)28-29-43(42)51-32-20-10-14-26-45(52)50-36-37(21-11-9-15-27-46(53)54)35-49-31-19-8-7-18-30-48(3)39(33-38-22-16-17-24-41(38)48)23-12-5-4-6-13-25-44(47)51/h4-6,12-13,16-17,22-25,28-29,34,37,49H,7-11,14-15,18-21,26-27,30-33,35-36H2,1-3H3,(H2-,50,52,53,54,55)/b6-4+,12-5+,25-13+,39-23+. The molecule has 1 aliphatic carbocycles. The predicted molar refractivity (Wildman–Crippen MR) is 232 cm³/mol. The Labute approximate surface area is 350 Å². The van der Waals surface area contributed by atoms with Crippen LogP contribution in [0.1, 0.15) is 127 Å². The number of aliphatic carboxylic acids is 1. The van der Waals surface area contributed by atoms with Crippen molar-refractivity contribution in [3.63, 3.8) is 0 Å². The maximum Gasteiger partial charge on any atom is 0.303 e. The van der Waals surface area contributed by atoms with Crippen LogP contribution in [-0.4, -0.2) is 53.4 Å². The van der Waals surface area contributed by atoms with Gasteiger partial charge in [0.15, 0.2) is 5.71 Å². The molecule has 0 fully saturated rings. The van der Waals surface area contributed by atoms with Crippen molar-refractivity contribution >= 4 is 35.3 Å². The molecule has 0 spiro atoms. The lowest BCUT2D eigenvalue weighted by atomic mass is 9.76. The second-order valence-corrected chi connectivity index (χ2v) is 17.7. The lowest BCUT2D eigenvalue weighted by molar-refractivity contribution is -0.777. The van der Waals surface area contributed by atoms with Crippen molar-refractivity contribution in [2.45, 2.75) is 133 Å². The highest BCUT2D eigenvalue weighted by atomic mass is 32.2. The quantitative estimate of drug-likeness (QED) is 0.0754. The lowest BCUT2D eigenvalue weighted by Crippen LogP contribution is -2.34. The number of rotatable bonds is 9. The number of fused-ring (bicyclic) bond motifs is 5. The molecule has 58 heavy (non-hydrogen) atoms. The summed E-state index contributed by atoms with van der Waals surface area (Å²) in [6.07, 6.45) is 28.9. The molecule has 0 saturated carbocycles. The van der Waals surface area contributed by atoms with Crippen molar-refractivity contribution < 1.29 is 33.9 Å². The SMILES string of the molecule is CC1(C)C2=[N+](CCCCCC(=O)NCC(CCCCCC(=O)O)CNCCCCCCC3(C)/C(=C/C=C/C=C/C=C/2)Cc2ccccc23)c2ccc(SOO[O-])cc21. The number of hydrogen-bond acceptors (Lipinski definition) is 7. The van der Waals surface area contributed by atoms with Crippen molar-refractivity contribution in [3.05, 3.63) is 107 Å². The maximum absolute atomic E-state index is 13.0. The minimum Gasteiger partial charge on any atom is -0.691 e. The molecule has 2 atom stereocenters. The second-order valence-electron chi connectivity index (χ2n) is 16.9. The molecule has 314 valence electrons. The Morgan fingerprint density at radius 1 is 0.914 bits per heavy atom. The van der Waals surface area contributed by atoms with E-state index in [9.17, 15) is 14.8 Å². The van der Waals surface area contributed by atoms with E-state index in [4.69, 9.17) is 5.11 Å². The zero-order chi connectivity index (χ0) is 41.2. The third-order valence-electron chi connectivity index (χ3n) is 12.3. The smallest absolute Gasteiger partial charge is 0.303 e. The monoisotopic (exact) mass is 811 g/mol. The van der Waals surface area contributed by atoms with Gasteiger partial charge < -0.3 is 21.0 Å². The first-order valence-corrected chi connectivity index (χ1v) is 22.3. The summed E-state index contributed by atoms with van der Waals surface area (Å²) in [6, 6.07) is 15.0. The zero-order valence-corrected chi connectivity index (χ0v) is 35.8. The van der Waals surface area contributed by atoms with Crippen molar-refractivity contribution in [3.8, 4) is 0 Å². The van der Waals surface area contributed by atoms with Gasteiger partial charge in [-0.15, -0.1) is 0 Å². The average Bonchev–Trinajstić information content (AvgIpc) is 3.60. The van der Waals surface area contributed by atoms with Gasteiger partial charge in [-0.1, -0.05) is 105 Å². The van der Waals surface area contributed by atoms with Gasteiger partial charge >= 0.3 is 5.97 Å². The van der Waals surface area contributed by atoms with Crippen molar-refractivity contribution in [2.24, 2.45) is 5.92 Å². The Bertz CT molecular complexity index is 1830. The second kappa shape index (κ2) is 23.1. The number of hydrogen-bond donors (Lipinski definition) is 3. The first kappa shape index (κ1) is 45.3. The van der Waals surface area contributed by atoms with E-state index in [-0.39, 0.29) is 23.2 Å². The Morgan fingerprint density at radius 2 is 1.71 bits per heavy atom. The number of carboxylic acid groups (broad SMARTS) is 1. The molecule has 9 nitrogen and oxygen atoms in total. The number of carbonyl (C=O) groups excluding carboxylic acids is 1. The van der Waals surface area contributed by atoms with Crippen LogP contribution in [0.25, 0.3) is 0 Å². The summed E-state index contributed by atoms with van der Waals surface area (Å²) in [5, 5.41) is 30.1. The number of unbranched alkanes of at least 4 members (excludes halogenated alkanes) is 2. The molecule has 2 unspecified atom stereocenters. The summed E-state index contributed by atoms with van der Waals surface area (Å²) < 4.78 is 7.03. The molecule has 2 aromatic rings. The Kier molecular flexibility index (Phi) is 18.0. The van der Waals surface area contributed by atoms with Gasteiger partial charge in [0.2, 0.25) is 11.6 Å². The number of carbonyl (C=O) groups is 2. The normalized spacial score (nSPS) is 25.1.